The smallest absolute Gasteiger partial charge is 0.272 e. The molecule has 0 saturated heterocycles. The molecule has 0 fully saturated rings. The molecule has 1 amide bonds. The number of amides is 1. The molecule has 0 aliphatic rings. The SMILES string of the molecule is CC(=O)c1cc(NC(=O)c2cc3ccccc3[nH]2)ccc1OCC(O)CNC(C)C. The summed E-state index contributed by atoms with van der Waals surface area (Å²) in [5, 5.41) is 16.9. The van der Waals surface area contributed by atoms with Crippen molar-refractivity contribution in [2.75, 3.05) is 18.5 Å². The molecule has 2 aromatic carbocycles. The molecule has 4 N–H and O–H groups in total. The van der Waals surface area contributed by atoms with Gasteiger partial charge in [-0.25, -0.2) is 0 Å². The molecule has 1 unspecified atom stereocenters. The molecule has 0 saturated carbocycles. The molecule has 0 radical (unpaired) electrons. The Bertz CT molecular complexity index is 1010. The van der Waals surface area contributed by atoms with Gasteiger partial charge in [0.05, 0.1) is 5.56 Å². The fourth-order valence-corrected chi connectivity index (χ4v) is 3.02. The van der Waals surface area contributed by atoms with Crippen LogP contribution in [0.15, 0.2) is 48.5 Å². The number of nitrogens with one attached hydrogen (secondary N) is 3. The van der Waals surface area contributed by atoms with Crippen LogP contribution < -0.4 is 15.4 Å². The van der Waals surface area contributed by atoms with Crippen LogP contribution in [0.5, 0.6) is 5.75 Å². The van der Waals surface area contributed by atoms with Crippen molar-refractivity contribution in [2.45, 2.75) is 32.9 Å². The van der Waals surface area contributed by atoms with E-state index in [1.807, 2.05) is 38.1 Å². The third-order valence-electron chi connectivity index (χ3n) is 4.58. The fourth-order valence-electron chi connectivity index (χ4n) is 3.02. The number of benzene rings is 2. The third kappa shape index (κ3) is 5.46. The minimum Gasteiger partial charge on any atom is -0.490 e. The van der Waals surface area contributed by atoms with E-state index >= 15 is 0 Å². The van der Waals surface area contributed by atoms with E-state index in [1.165, 1.54) is 6.92 Å². The number of aromatic amines is 1. The number of H-pyrrole nitrogens is 1. The van der Waals surface area contributed by atoms with E-state index in [-0.39, 0.29) is 24.3 Å². The topological polar surface area (TPSA) is 103 Å². The molecule has 158 valence electrons. The Morgan fingerprint density at radius 3 is 2.60 bits per heavy atom. The first-order chi connectivity index (χ1) is 14.3. The summed E-state index contributed by atoms with van der Waals surface area (Å²) in [5.41, 5.74) is 2.13. The second kappa shape index (κ2) is 9.56. The largest absolute Gasteiger partial charge is 0.490 e. The average Bonchev–Trinajstić information content (AvgIpc) is 3.15. The molecule has 1 atom stereocenters. The standard InChI is InChI=1S/C23H27N3O4/c1-14(2)24-12-18(28)13-30-22-9-8-17(11-19(22)15(3)27)25-23(29)21-10-16-6-4-5-7-20(16)26-21/h4-11,14,18,24,26,28H,12-13H2,1-3H3,(H,25,29). The van der Waals surface area contributed by atoms with Crippen molar-refractivity contribution in [2.24, 2.45) is 0 Å². The Morgan fingerprint density at radius 1 is 1.13 bits per heavy atom. The summed E-state index contributed by atoms with van der Waals surface area (Å²) in [6.45, 7) is 5.86. The maximum absolute atomic E-state index is 12.6. The lowest BCUT2D eigenvalue weighted by molar-refractivity contribution is 0.0967. The zero-order chi connectivity index (χ0) is 21.7. The number of fused-ring (bicyclic) bond motifs is 1. The van der Waals surface area contributed by atoms with E-state index in [0.29, 0.717) is 29.2 Å². The number of anilines is 1. The number of para-hydroxylation sites is 1. The van der Waals surface area contributed by atoms with Gasteiger partial charge in [0.25, 0.3) is 5.91 Å². The predicted molar refractivity (Wildman–Crippen MR) is 117 cm³/mol. The number of ketones is 1. The second-order valence-corrected chi connectivity index (χ2v) is 7.52. The summed E-state index contributed by atoms with van der Waals surface area (Å²) >= 11 is 0. The van der Waals surface area contributed by atoms with Crippen LogP contribution >= 0.6 is 0 Å². The number of hydrogen-bond donors (Lipinski definition) is 4. The number of rotatable bonds is 9. The van der Waals surface area contributed by atoms with Crippen LogP contribution in [0, 0.1) is 0 Å². The maximum Gasteiger partial charge on any atom is 0.272 e. The van der Waals surface area contributed by atoms with Crippen molar-refractivity contribution < 1.29 is 19.4 Å². The summed E-state index contributed by atoms with van der Waals surface area (Å²) in [5.74, 6) is -0.124. The number of aliphatic hydroxyl groups is 1. The number of ether oxygens (including phenoxy) is 1. The highest BCUT2D eigenvalue weighted by Gasteiger charge is 2.15. The monoisotopic (exact) mass is 409 g/mol. The molecule has 3 rings (SSSR count). The van der Waals surface area contributed by atoms with Gasteiger partial charge in [0.2, 0.25) is 0 Å². The van der Waals surface area contributed by atoms with Gasteiger partial charge in [-0.2, -0.15) is 0 Å². The Balaban J connectivity index is 1.69. The van der Waals surface area contributed by atoms with E-state index in [4.69, 9.17) is 4.74 Å². The van der Waals surface area contributed by atoms with E-state index in [0.717, 1.165) is 10.9 Å². The average molecular weight is 409 g/mol. The highest BCUT2D eigenvalue weighted by Crippen LogP contribution is 2.24. The quantitative estimate of drug-likeness (QED) is 0.406. The van der Waals surface area contributed by atoms with Crippen molar-refractivity contribution in [1.82, 2.24) is 10.3 Å². The number of hydrogen-bond acceptors (Lipinski definition) is 5. The summed E-state index contributed by atoms with van der Waals surface area (Å²) < 4.78 is 5.65. The van der Waals surface area contributed by atoms with Crippen LogP contribution in [-0.4, -0.2) is 47.1 Å². The minimum absolute atomic E-state index is 0.0563. The van der Waals surface area contributed by atoms with Gasteiger partial charge in [0.15, 0.2) is 5.78 Å². The van der Waals surface area contributed by atoms with Crippen LogP contribution in [0.3, 0.4) is 0 Å². The lowest BCUT2D eigenvalue weighted by Crippen LogP contribution is -2.35. The lowest BCUT2D eigenvalue weighted by atomic mass is 10.1. The summed E-state index contributed by atoms with van der Waals surface area (Å²) in [4.78, 5) is 27.8. The molecule has 0 aliphatic heterocycles. The Kier molecular flexibility index (Phi) is 6.87. The van der Waals surface area contributed by atoms with Crippen LogP contribution in [0.1, 0.15) is 41.6 Å². The molecule has 3 aromatic rings. The minimum atomic E-state index is -0.700. The lowest BCUT2D eigenvalue weighted by Gasteiger charge is -2.17. The molecule has 0 aliphatic carbocycles. The van der Waals surface area contributed by atoms with Crippen LogP contribution in [-0.2, 0) is 0 Å². The zero-order valence-electron chi connectivity index (χ0n) is 17.4. The van der Waals surface area contributed by atoms with Gasteiger partial charge < -0.3 is 25.5 Å². The van der Waals surface area contributed by atoms with Gasteiger partial charge in [0.1, 0.15) is 24.2 Å². The first-order valence-electron chi connectivity index (χ1n) is 9.92. The van der Waals surface area contributed by atoms with Crippen molar-refractivity contribution in [3.63, 3.8) is 0 Å². The Labute approximate surface area is 175 Å². The summed E-state index contributed by atoms with van der Waals surface area (Å²) in [7, 11) is 0. The van der Waals surface area contributed by atoms with Crippen LogP contribution in [0.4, 0.5) is 5.69 Å². The second-order valence-electron chi connectivity index (χ2n) is 7.52. The van der Waals surface area contributed by atoms with E-state index < -0.39 is 6.10 Å². The first kappa shape index (κ1) is 21.5. The molecule has 7 heteroatoms. The van der Waals surface area contributed by atoms with Crippen LogP contribution in [0.25, 0.3) is 10.9 Å². The van der Waals surface area contributed by atoms with Gasteiger partial charge in [-0.05, 0) is 37.3 Å². The van der Waals surface area contributed by atoms with Gasteiger partial charge in [0, 0.05) is 29.2 Å². The molecular formula is C23H27N3O4. The predicted octanol–water partition coefficient (Wildman–Crippen LogP) is 3.36. The van der Waals surface area contributed by atoms with E-state index in [9.17, 15) is 14.7 Å². The van der Waals surface area contributed by atoms with Gasteiger partial charge in [-0.3, -0.25) is 9.59 Å². The van der Waals surface area contributed by atoms with Crippen LogP contribution in [0.2, 0.25) is 0 Å². The van der Waals surface area contributed by atoms with Crippen molar-refractivity contribution >= 4 is 28.3 Å². The number of carbonyl (C=O) groups is 2. The molecule has 1 heterocycles. The van der Waals surface area contributed by atoms with Crippen molar-refractivity contribution in [3.05, 3.63) is 59.8 Å². The number of Topliss-reactive ketones (excluding diaryl/α,β-unsaturated/α-hetero) is 1. The van der Waals surface area contributed by atoms with Crippen molar-refractivity contribution in [1.29, 1.82) is 0 Å². The highest BCUT2D eigenvalue weighted by atomic mass is 16.5. The Hall–Kier alpha value is -3.16. The molecule has 0 spiro atoms. The first-order valence-corrected chi connectivity index (χ1v) is 9.92. The molecule has 1 aromatic heterocycles. The van der Waals surface area contributed by atoms with E-state index in [1.54, 1.807) is 24.3 Å². The van der Waals surface area contributed by atoms with Crippen molar-refractivity contribution in [3.8, 4) is 5.75 Å². The molecular weight excluding hydrogens is 382 g/mol. The summed E-state index contributed by atoms with van der Waals surface area (Å²) in [6.07, 6.45) is -0.700. The molecule has 7 nitrogen and oxygen atoms in total. The Morgan fingerprint density at radius 2 is 1.90 bits per heavy atom. The maximum atomic E-state index is 12.6. The zero-order valence-corrected chi connectivity index (χ0v) is 17.4. The molecule has 30 heavy (non-hydrogen) atoms. The highest BCUT2D eigenvalue weighted by molar-refractivity contribution is 6.07. The number of aliphatic hydroxyl groups excluding tert-OH is 1. The van der Waals surface area contributed by atoms with Gasteiger partial charge in [-0.15, -0.1) is 0 Å². The molecule has 0 bridgehead atoms. The number of carbonyl (C=O) groups excluding carboxylic acids is 2. The van der Waals surface area contributed by atoms with Gasteiger partial charge in [-0.1, -0.05) is 32.0 Å². The normalized spacial score (nSPS) is 12.2. The fraction of sp³-hybridized carbons (Fsp3) is 0.304. The third-order valence-corrected chi connectivity index (χ3v) is 4.58. The summed E-state index contributed by atoms with van der Waals surface area (Å²) in [6, 6.07) is 14.5. The van der Waals surface area contributed by atoms with Gasteiger partial charge >= 0.3 is 0 Å². The van der Waals surface area contributed by atoms with E-state index in [2.05, 4.69) is 15.6 Å². The number of aromatic nitrogens is 1.